The number of aromatic nitrogens is 1. The predicted octanol–water partition coefficient (Wildman–Crippen LogP) is 1.29. The first kappa shape index (κ1) is 11.9. The Balaban J connectivity index is 2.10. The Morgan fingerprint density at radius 3 is 2.87 bits per heavy atom. The van der Waals surface area contributed by atoms with Crippen LogP contribution in [0, 0.1) is 0 Å². The number of hydrogen-bond acceptors (Lipinski definition) is 3. The van der Waals surface area contributed by atoms with Crippen molar-refractivity contribution in [2.24, 2.45) is 0 Å². The Morgan fingerprint density at radius 1 is 1.33 bits per heavy atom. The lowest BCUT2D eigenvalue weighted by molar-refractivity contribution is 0.456. The molecule has 1 aromatic rings. The molecule has 0 radical (unpaired) electrons. The molecule has 0 bridgehead atoms. The van der Waals surface area contributed by atoms with E-state index in [1.165, 1.54) is 0 Å². The molecule has 0 spiro atoms. The summed E-state index contributed by atoms with van der Waals surface area (Å²) < 4.78 is 0. The number of rotatable bonds is 6. The molecule has 82 valence electrons. The second kappa shape index (κ2) is 7.15. The minimum atomic E-state index is 0.827. The molecule has 0 aliphatic carbocycles. The summed E-state index contributed by atoms with van der Waals surface area (Å²) >= 11 is 0. The van der Waals surface area contributed by atoms with E-state index in [1.807, 2.05) is 24.4 Å². The van der Waals surface area contributed by atoms with Crippen LogP contribution in [0.5, 0.6) is 0 Å². The van der Waals surface area contributed by atoms with E-state index in [1.54, 1.807) is 0 Å². The maximum absolute atomic E-state index is 4.23. The second-order valence-corrected chi connectivity index (χ2v) is 3.69. The maximum atomic E-state index is 4.23. The molecule has 3 nitrogen and oxygen atoms in total. The summed E-state index contributed by atoms with van der Waals surface area (Å²) in [7, 11) is 4.12. The van der Waals surface area contributed by atoms with Crippen LogP contribution in [0.15, 0.2) is 36.5 Å². The third kappa shape index (κ3) is 5.99. The molecule has 1 N–H and O–H groups in total. The topological polar surface area (TPSA) is 28.2 Å². The summed E-state index contributed by atoms with van der Waals surface area (Å²) in [5, 5.41) is 3.31. The van der Waals surface area contributed by atoms with Gasteiger partial charge in [-0.05, 0) is 26.2 Å². The molecule has 0 saturated heterocycles. The normalized spacial score (nSPS) is 11.4. The van der Waals surface area contributed by atoms with E-state index in [2.05, 4.69) is 41.4 Å². The van der Waals surface area contributed by atoms with Crippen molar-refractivity contribution in [3.05, 3.63) is 42.2 Å². The van der Waals surface area contributed by atoms with Crippen LogP contribution >= 0.6 is 0 Å². The largest absolute Gasteiger partial charge is 0.308 e. The molecule has 0 aromatic carbocycles. The maximum Gasteiger partial charge on any atom is 0.0541 e. The van der Waals surface area contributed by atoms with Gasteiger partial charge in [-0.2, -0.15) is 0 Å². The lowest BCUT2D eigenvalue weighted by Gasteiger charge is -2.04. The first-order chi connectivity index (χ1) is 7.29. The molecule has 0 aliphatic heterocycles. The molecule has 0 aliphatic rings. The minimum absolute atomic E-state index is 0.827. The predicted molar refractivity (Wildman–Crippen MR) is 63.6 cm³/mol. The van der Waals surface area contributed by atoms with Crippen LogP contribution < -0.4 is 5.32 Å². The van der Waals surface area contributed by atoms with Crippen LogP contribution in [0.3, 0.4) is 0 Å². The van der Waals surface area contributed by atoms with E-state index in [4.69, 9.17) is 0 Å². The Kier molecular flexibility index (Phi) is 5.66. The lowest BCUT2D eigenvalue weighted by Crippen LogP contribution is -2.15. The van der Waals surface area contributed by atoms with E-state index in [0.29, 0.717) is 0 Å². The van der Waals surface area contributed by atoms with Gasteiger partial charge >= 0.3 is 0 Å². The van der Waals surface area contributed by atoms with Crippen molar-refractivity contribution in [3.63, 3.8) is 0 Å². The van der Waals surface area contributed by atoms with E-state index >= 15 is 0 Å². The van der Waals surface area contributed by atoms with Gasteiger partial charge in [-0.1, -0.05) is 18.2 Å². The molecular formula is C12H19N3. The zero-order valence-electron chi connectivity index (χ0n) is 9.48. The smallest absolute Gasteiger partial charge is 0.0541 e. The van der Waals surface area contributed by atoms with Gasteiger partial charge in [-0.3, -0.25) is 4.98 Å². The van der Waals surface area contributed by atoms with Gasteiger partial charge in [-0.25, -0.2) is 0 Å². The molecule has 1 aromatic heterocycles. The highest BCUT2D eigenvalue weighted by atomic mass is 15.0. The molecule has 1 rings (SSSR count). The van der Waals surface area contributed by atoms with Crippen LogP contribution in [-0.4, -0.2) is 37.1 Å². The van der Waals surface area contributed by atoms with Gasteiger partial charge in [0.25, 0.3) is 0 Å². The molecule has 0 atom stereocenters. The van der Waals surface area contributed by atoms with Gasteiger partial charge in [-0.15, -0.1) is 0 Å². The van der Waals surface area contributed by atoms with Crippen molar-refractivity contribution < 1.29 is 0 Å². The second-order valence-electron chi connectivity index (χ2n) is 3.69. The molecular weight excluding hydrogens is 186 g/mol. The van der Waals surface area contributed by atoms with Crippen molar-refractivity contribution in [1.29, 1.82) is 0 Å². The minimum Gasteiger partial charge on any atom is -0.308 e. The quantitative estimate of drug-likeness (QED) is 0.560. The van der Waals surface area contributed by atoms with Crippen molar-refractivity contribution in [2.75, 3.05) is 27.2 Å². The number of hydrogen-bond donors (Lipinski definition) is 1. The third-order valence-corrected chi connectivity index (χ3v) is 1.93. The van der Waals surface area contributed by atoms with Gasteiger partial charge in [0.05, 0.1) is 5.69 Å². The van der Waals surface area contributed by atoms with Gasteiger partial charge in [0.1, 0.15) is 0 Å². The summed E-state index contributed by atoms with van der Waals surface area (Å²) in [4.78, 5) is 6.36. The van der Waals surface area contributed by atoms with Crippen molar-refractivity contribution in [1.82, 2.24) is 15.2 Å². The van der Waals surface area contributed by atoms with Crippen LogP contribution in [0.1, 0.15) is 5.69 Å². The van der Waals surface area contributed by atoms with E-state index in [-0.39, 0.29) is 0 Å². The Labute approximate surface area is 91.8 Å². The molecule has 1 heterocycles. The molecule has 0 fully saturated rings. The molecule has 0 saturated carbocycles. The summed E-state index contributed by atoms with van der Waals surface area (Å²) in [6.07, 6.45) is 6.12. The van der Waals surface area contributed by atoms with Crippen LogP contribution in [0.4, 0.5) is 0 Å². The van der Waals surface area contributed by atoms with Crippen LogP contribution in [0.2, 0.25) is 0 Å². The zero-order chi connectivity index (χ0) is 10.9. The first-order valence-electron chi connectivity index (χ1n) is 5.19. The Morgan fingerprint density at radius 2 is 2.20 bits per heavy atom. The van der Waals surface area contributed by atoms with Crippen LogP contribution in [0.25, 0.3) is 0 Å². The zero-order valence-corrected chi connectivity index (χ0v) is 9.48. The lowest BCUT2D eigenvalue weighted by atomic mass is 10.3. The monoisotopic (exact) mass is 205 g/mol. The summed E-state index contributed by atoms with van der Waals surface area (Å²) in [5.74, 6) is 0. The fourth-order valence-corrected chi connectivity index (χ4v) is 1.15. The Hall–Kier alpha value is -1.19. The van der Waals surface area contributed by atoms with Gasteiger partial charge < -0.3 is 10.2 Å². The molecule has 0 unspecified atom stereocenters. The number of nitrogens with zero attached hydrogens (tertiary/aromatic N) is 2. The van der Waals surface area contributed by atoms with Gasteiger partial charge in [0.2, 0.25) is 0 Å². The average molecular weight is 205 g/mol. The highest BCUT2D eigenvalue weighted by Crippen LogP contribution is 1.91. The number of likely N-dealkylation sites (N-methyl/N-ethyl adjacent to an activating group) is 1. The number of nitrogens with one attached hydrogen (secondary N) is 1. The SMILES string of the molecule is CN(C)C/C=C/CNCc1ccccn1. The third-order valence-electron chi connectivity index (χ3n) is 1.93. The summed E-state index contributed by atoms with van der Waals surface area (Å²) in [5.41, 5.74) is 1.08. The molecule has 15 heavy (non-hydrogen) atoms. The first-order valence-corrected chi connectivity index (χ1v) is 5.19. The fourth-order valence-electron chi connectivity index (χ4n) is 1.15. The summed E-state index contributed by atoms with van der Waals surface area (Å²) in [6, 6.07) is 5.96. The molecule has 0 amide bonds. The highest BCUT2D eigenvalue weighted by molar-refractivity contribution is 5.03. The fraction of sp³-hybridized carbons (Fsp3) is 0.417. The van der Waals surface area contributed by atoms with Crippen LogP contribution in [-0.2, 0) is 6.54 Å². The highest BCUT2D eigenvalue weighted by Gasteiger charge is 1.89. The van der Waals surface area contributed by atoms with Gasteiger partial charge in [0, 0.05) is 25.8 Å². The molecule has 3 heteroatoms. The van der Waals surface area contributed by atoms with Crippen molar-refractivity contribution in [3.8, 4) is 0 Å². The van der Waals surface area contributed by atoms with Gasteiger partial charge in [0.15, 0.2) is 0 Å². The standard InChI is InChI=1S/C12H19N3/c1-15(2)10-6-5-8-13-11-12-7-3-4-9-14-12/h3-7,9,13H,8,10-11H2,1-2H3/b6-5+. The van der Waals surface area contributed by atoms with E-state index < -0.39 is 0 Å². The number of pyridine rings is 1. The van der Waals surface area contributed by atoms with Crippen molar-refractivity contribution in [2.45, 2.75) is 6.54 Å². The Bertz CT molecular complexity index is 280. The van der Waals surface area contributed by atoms with Crippen molar-refractivity contribution >= 4 is 0 Å². The average Bonchev–Trinajstić information content (AvgIpc) is 2.24. The van der Waals surface area contributed by atoms with E-state index in [0.717, 1.165) is 25.3 Å². The summed E-state index contributed by atoms with van der Waals surface area (Å²) in [6.45, 7) is 2.71. The van der Waals surface area contributed by atoms with E-state index in [9.17, 15) is 0 Å².